The van der Waals surface area contributed by atoms with E-state index in [2.05, 4.69) is 10.4 Å². The van der Waals surface area contributed by atoms with Crippen LogP contribution in [0.15, 0.2) is 12.3 Å². The fourth-order valence-electron chi connectivity index (χ4n) is 1.73. The van der Waals surface area contributed by atoms with Crippen LogP contribution < -0.4 is 5.32 Å². The molecular weight excluding hydrogens is 262 g/mol. The smallest absolute Gasteiger partial charge is 0.185 e. The highest BCUT2D eigenvalue weighted by molar-refractivity contribution is 5.47. The van der Waals surface area contributed by atoms with Crippen LogP contribution in [0.4, 0.5) is 23.2 Å². The van der Waals surface area contributed by atoms with Crippen molar-refractivity contribution in [1.82, 2.24) is 9.78 Å². The lowest BCUT2D eigenvalue weighted by Crippen LogP contribution is -2.07. The Hall–Kier alpha value is -2.05. The Bertz CT molecular complexity index is 596. The fraction of sp³-hybridized carbons (Fsp3) is 0.250. The minimum absolute atomic E-state index is 0.0103. The monoisotopic (exact) mass is 273 g/mol. The van der Waals surface area contributed by atoms with Gasteiger partial charge < -0.3 is 5.32 Å². The fourth-order valence-corrected chi connectivity index (χ4v) is 1.73. The maximum absolute atomic E-state index is 13.4. The first-order valence-electron chi connectivity index (χ1n) is 5.46. The van der Waals surface area contributed by atoms with E-state index in [0.717, 1.165) is 0 Å². The number of anilines is 1. The lowest BCUT2D eigenvalue weighted by Gasteiger charge is -2.09. The molecule has 0 aliphatic carbocycles. The molecule has 102 valence electrons. The van der Waals surface area contributed by atoms with Crippen molar-refractivity contribution in [2.75, 3.05) is 5.32 Å². The predicted molar refractivity (Wildman–Crippen MR) is 61.5 cm³/mol. The number of hydrogen-bond acceptors (Lipinski definition) is 2. The summed E-state index contributed by atoms with van der Waals surface area (Å²) in [5.74, 6) is -5.77. The Kier molecular flexibility index (Phi) is 3.46. The van der Waals surface area contributed by atoms with Crippen molar-refractivity contribution >= 4 is 5.69 Å². The van der Waals surface area contributed by atoms with Gasteiger partial charge in [-0.1, -0.05) is 0 Å². The lowest BCUT2D eigenvalue weighted by atomic mass is 10.2. The third-order valence-corrected chi connectivity index (χ3v) is 2.68. The molecule has 0 saturated carbocycles. The minimum Gasteiger partial charge on any atom is -0.376 e. The van der Waals surface area contributed by atoms with Gasteiger partial charge in [-0.2, -0.15) is 5.10 Å². The number of hydrogen-bond donors (Lipinski definition) is 1. The van der Waals surface area contributed by atoms with Crippen LogP contribution in [0.25, 0.3) is 0 Å². The third-order valence-electron chi connectivity index (χ3n) is 2.68. The summed E-state index contributed by atoms with van der Waals surface area (Å²) in [5, 5.41) is 6.39. The molecule has 0 spiro atoms. The largest absolute Gasteiger partial charge is 0.376 e. The zero-order chi connectivity index (χ0) is 14.2. The topological polar surface area (TPSA) is 29.9 Å². The molecule has 0 radical (unpaired) electrons. The van der Waals surface area contributed by atoms with Crippen molar-refractivity contribution in [3.8, 4) is 0 Å². The van der Waals surface area contributed by atoms with Gasteiger partial charge in [-0.15, -0.1) is 0 Å². The van der Waals surface area contributed by atoms with Crippen LogP contribution in [-0.2, 0) is 13.6 Å². The first-order chi connectivity index (χ1) is 8.90. The van der Waals surface area contributed by atoms with Gasteiger partial charge in [-0.05, 0) is 6.92 Å². The minimum atomic E-state index is -1.44. The summed E-state index contributed by atoms with van der Waals surface area (Å²) in [6, 6.07) is 0.172. The van der Waals surface area contributed by atoms with E-state index in [4.69, 9.17) is 0 Å². The van der Waals surface area contributed by atoms with Crippen molar-refractivity contribution in [1.29, 1.82) is 0 Å². The Morgan fingerprint density at radius 2 is 1.74 bits per heavy atom. The van der Waals surface area contributed by atoms with E-state index in [1.807, 2.05) is 0 Å². The molecule has 0 aliphatic rings. The molecule has 7 heteroatoms. The summed E-state index contributed by atoms with van der Waals surface area (Å²) >= 11 is 0. The van der Waals surface area contributed by atoms with Crippen molar-refractivity contribution in [2.45, 2.75) is 13.5 Å². The van der Waals surface area contributed by atoms with Crippen molar-refractivity contribution in [3.05, 3.63) is 46.8 Å². The van der Waals surface area contributed by atoms with Gasteiger partial charge in [0, 0.05) is 31.4 Å². The third kappa shape index (κ3) is 2.54. The number of aryl methyl sites for hydroxylation is 2. The SMILES string of the molecule is Cc1nn(C)cc1CNc1c(F)c(F)cc(F)c1F. The summed E-state index contributed by atoms with van der Waals surface area (Å²) in [6.45, 7) is 1.73. The number of rotatable bonds is 3. The van der Waals surface area contributed by atoms with Crippen LogP contribution >= 0.6 is 0 Å². The number of nitrogens with one attached hydrogen (secondary N) is 1. The molecule has 1 aromatic heterocycles. The van der Waals surface area contributed by atoms with Crippen molar-refractivity contribution in [3.63, 3.8) is 0 Å². The molecule has 1 heterocycles. The molecule has 0 atom stereocenters. The molecule has 0 saturated heterocycles. The maximum Gasteiger partial charge on any atom is 0.185 e. The average molecular weight is 273 g/mol. The zero-order valence-corrected chi connectivity index (χ0v) is 10.3. The van der Waals surface area contributed by atoms with E-state index in [9.17, 15) is 17.6 Å². The number of benzene rings is 1. The lowest BCUT2D eigenvalue weighted by molar-refractivity contribution is 0.458. The van der Waals surface area contributed by atoms with Crippen LogP contribution in [0.3, 0.4) is 0 Å². The standard InChI is InChI=1S/C12H11F4N3/c1-6-7(5-19(2)18-6)4-17-12-10(15)8(13)3-9(14)11(12)16/h3,5,17H,4H2,1-2H3. The van der Waals surface area contributed by atoms with Gasteiger partial charge in [0.15, 0.2) is 23.3 Å². The Morgan fingerprint density at radius 3 is 2.21 bits per heavy atom. The van der Waals surface area contributed by atoms with E-state index in [-0.39, 0.29) is 12.6 Å². The molecular formula is C12H11F4N3. The normalized spacial score (nSPS) is 10.8. The highest BCUT2D eigenvalue weighted by Crippen LogP contribution is 2.24. The summed E-state index contributed by atoms with van der Waals surface area (Å²) in [6.07, 6.45) is 1.65. The number of aromatic nitrogens is 2. The van der Waals surface area contributed by atoms with Gasteiger partial charge in [0.2, 0.25) is 0 Å². The van der Waals surface area contributed by atoms with E-state index < -0.39 is 29.0 Å². The molecule has 2 aromatic rings. The van der Waals surface area contributed by atoms with Crippen LogP contribution in [-0.4, -0.2) is 9.78 Å². The summed E-state index contributed by atoms with van der Waals surface area (Å²) in [5.41, 5.74) is 0.513. The second-order valence-corrected chi connectivity index (χ2v) is 4.11. The molecule has 0 amide bonds. The Labute approximate surface area is 106 Å². The molecule has 0 aliphatic heterocycles. The van der Waals surface area contributed by atoms with Crippen molar-refractivity contribution < 1.29 is 17.6 Å². The van der Waals surface area contributed by atoms with E-state index >= 15 is 0 Å². The van der Waals surface area contributed by atoms with Gasteiger partial charge in [0.25, 0.3) is 0 Å². The molecule has 0 bridgehead atoms. The highest BCUT2D eigenvalue weighted by Gasteiger charge is 2.19. The van der Waals surface area contributed by atoms with Gasteiger partial charge in [0.05, 0.1) is 5.69 Å². The first-order valence-corrected chi connectivity index (χ1v) is 5.46. The van der Waals surface area contributed by atoms with Gasteiger partial charge >= 0.3 is 0 Å². The second-order valence-electron chi connectivity index (χ2n) is 4.11. The molecule has 3 nitrogen and oxygen atoms in total. The van der Waals surface area contributed by atoms with Gasteiger partial charge in [-0.3, -0.25) is 4.68 Å². The molecule has 1 aromatic carbocycles. The summed E-state index contributed by atoms with van der Waals surface area (Å²) < 4.78 is 54.3. The van der Waals surface area contributed by atoms with E-state index in [1.54, 1.807) is 20.2 Å². The summed E-state index contributed by atoms with van der Waals surface area (Å²) in [4.78, 5) is 0. The average Bonchev–Trinajstić information content (AvgIpc) is 2.65. The van der Waals surface area contributed by atoms with Crippen LogP contribution in [0.1, 0.15) is 11.3 Å². The van der Waals surface area contributed by atoms with Gasteiger partial charge in [-0.25, -0.2) is 17.6 Å². The van der Waals surface area contributed by atoms with E-state index in [0.29, 0.717) is 11.3 Å². The van der Waals surface area contributed by atoms with Gasteiger partial charge in [0.1, 0.15) is 5.69 Å². The molecule has 0 unspecified atom stereocenters. The highest BCUT2D eigenvalue weighted by atomic mass is 19.2. The maximum atomic E-state index is 13.4. The molecule has 2 rings (SSSR count). The zero-order valence-electron chi connectivity index (χ0n) is 10.3. The van der Waals surface area contributed by atoms with Crippen LogP contribution in [0.5, 0.6) is 0 Å². The Morgan fingerprint density at radius 1 is 1.16 bits per heavy atom. The predicted octanol–water partition coefficient (Wildman–Crippen LogP) is 2.90. The van der Waals surface area contributed by atoms with E-state index in [1.165, 1.54) is 4.68 Å². The molecule has 0 fully saturated rings. The summed E-state index contributed by atoms with van der Waals surface area (Å²) in [7, 11) is 1.69. The van der Waals surface area contributed by atoms with Crippen LogP contribution in [0.2, 0.25) is 0 Å². The quantitative estimate of drug-likeness (QED) is 0.688. The molecule has 1 N–H and O–H groups in total. The molecule has 19 heavy (non-hydrogen) atoms. The van der Waals surface area contributed by atoms with Crippen molar-refractivity contribution in [2.24, 2.45) is 7.05 Å². The number of halogens is 4. The Balaban J connectivity index is 2.27. The van der Waals surface area contributed by atoms with Crippen LogP contribution in [0, 0.1) is 30.2 Å². The first kappa shape index (κ1) is 13.4. The second kappa shape index (κ2) is 4.91. The number of nitrogens with zero attached hydrogens (tertiary/aromatic N) is 2.